The molecule has 1 N–H and O–H groups in total. The summed E-state index contributed by atoms with van der Waals surface area (Å²) in [4.78, 5) is 6.77. The number of benzene rings is 2. The van der Waals surface area contributed by atoms with Gasteiger partial charge in [-0.15, -0.1) is 24.0 Å². The number of methoxy groups -OCH3 is 3. The predicted molar refractivity (Wildman–Crippen MR) is 127 cm³/mol. The van der Waals surface area contributed by atoms with Gasteiger partial charge in [-0.1, -0.05) is 24.3 Å². The molecule has 0 aliphatic carbocycles. The standard InChI is InChI=1S/C22H29N3O3.HI/c1-23-22(25-12-10-16-7-5-6-8-17(16)15-25)24-11-9-19-20(27-3)13-18(26-2)14-21(19)28-4;/h5-8,13-14H,9-12,15H2,1-4H3,(H,23,24);1H. The molecule has 0 atom stereocenters. The SMILES string of the molecule is CN=C(NCCc1c(OC)cc(OC)cc1OC)N1CCc2ccccc2C1.I. The highest BCUT2D eigenvalue weighted by Gasteiger charge is 2.19. The van der Waals surface area contributed by atoms with Crippen LogP contribution in [0.5, 0.6) is 17.2 Å². The molecule has 0 amide bonds. The lowest BCUT2D eigenvalue weighted by Crippen LogP contribution is -2.44. The second kappa shape index (κ2) is 11.1. The number of hydrogen-bond donors (Lipinski definition) is 1. The zero-order valence-corrected chi connectivity index (χ0v) is 19.9. The lowest BCUT2D eigenvalue weighted by Gasteiger charge is -2.31. The number of fused-ring (bicyclic) bond motifs is 1. The second-order valence-corrected chi connectivity index (χ2v) is 6.67. The third-order valence-corrected chi connectivity index (χ3v) is 5.12. The Bertz CT molecular complexity index is 817. The third-order valence-electron chi connectivity index (χ3n) is 5.12. The molecule has 0 radical (unpaired) electrons. The summed E-state index contributed by atoms with van der Waals surface area (Å²) in [6, 6.07) is 12.4. The van der Waals surface area contributed by atoms with Crippen molar-refractivity contribution in [2.45, 2.75) is 19.4 Å². The molecular weight excluding hydrogens is 481 g/mol. The van der Waals surface area contributed by atoms with Crippen molar-refractivity contribution in [1.82, 2.24) is 10.2 Å². The van der Waals surface area contributed by atoms with Crippen molar-refractivity contribution >= 4 is 29.9 Å². The topological polar surface area (TPSA) is 55.3 Å². The highest BCUT2D eigenvalue weighted by molar-refractivity contribution is 14.0. The van der Waals surface area contributed by atoms with E-state index in [9.17, 15) is 0 Å². The summed E-state index contributed by atoms with van der Waals surface area (Å²) in [5, 5.41) is 3.48. The van der Waals surface area contributed by atoms with E-state index in [-0.39, 0.29) is 24.0 Å². The van der Waals surface area contributed by atoms with Crippen molar-refractivity contribution in [1.29, 1.82) is 0 Å². The number of aliphatic imine (C=N–C) groups is 1. The summed E-state index contributed by atoms with van der Waals surface area (Å²) >= 11 is 0. The van der Waals surface area contributed by atoms with E-state index in [2.05, 4.69) is 39.5 Å². The van der Waals surface area contributed by atoms with Gasteiger partial charge < -0.3 is 24.4 Å². The molecule has 7 heteroatoms. The van der Waals surface area contributed by atoms with Crippen molar-refractivity contribution in [3.63, 3.8) is 0 Å². The number of halogens is 1. The Morgan fingerprint density at radius 1 is 1.03 bits per heavy atom. The number of nitrogens with zero attached hydrogens (tertiary/aromatic N) is 2. The van der Waals surface area contributed by atoms with E-state index in [4.69, 9.17) is 14.2 Å². The van der Waals surface area contributed by atoms with Crippen LogP contribution in [0.3, 0.4) is 0 Å². The van der Waals surface area contributed by atoms with Gasteiger partial charge in [-0.2, -0.15) is 0 Å². The van der Waals surface area contributed by atoms with Crippen LogP contribution in [0, 0.1) is 0 Å². The first-order chi connectivity index (χ1) is 13.7. The normalized spacial score (nSPS) is 13.2. The van der Waals surface area contributed by atoms with E-state index < -0.39 is 0 Å². The summed E-state index contributed by atoms with van der Waals surface area (Å²) < 4.78 is 16.4. The van der Waals surface area contributed by atoms with Gasteiger partial charge in [0.15, 0.2) is 5.96 Å². The number of rotatable bonds is 6. The molecule has 0 unspecified atom stereocenters. The van der Waals surface area contributed by atoms with Crippen LogP contribution in [-0.4, -0.2) is 52.3 Å². The van der Waals surface area contributed by atoms with E-state index in [1.807, 2.05) is 19.2 Å². The zero-order valence-electron chi connectivity index (χ0n) is 17.5. The first kappa shape index (κ1) is 23.1. The van der Waals surface area contributed by atoms with Gasteiger partial charge in [0.25, 0.3) is 0 Å². The maximum absolute atomic E-state index is 5.54. The van der Waals surface area contributed by atoms with E-state index >= 15 is 0 Å². The molecule has 2 aromatic carbocycles. The molecule has 1 aliphatic heterocycles. The van der Waals surface area contributed by atoms with E-state index in [1.54, 1.807) is 21.3 Å². The predicted octanol–water partition coefficient (Wildman–Crippen LogP) is 3.51. The van der Waals surface area contributed by atoms with Crippen LogP contribution in [0.2, 0.25) is 0 Å². The molecule has 6 nitrogen and oxygen atoms in total. The minimum absolute atomic E-state index is 0. The molecule has 1 aliphatic rings. The highest BCUT2D eigenvalue weighted by atomic mass is 127. The van der Waals surface area contributed by atoms with Crippen molar-refractivity contribution in [3.05, 3.63) is 53.1 Å². The molecule has 3 rings (SSSR count). The number of nitrogens with one attached hydrogen (secondary N) is 1. The lowest BCUT2D eigenvalue weighted by molar-refractivity contribution is 0.366. The van der Waals surface area contributed by atoms with Gasteiger partial charge in [0.1, 0.15) is 17.2 Å². The van der Waals surface area contributed by atoms with Gasteiger partial charge in [-0.05, 0) is 24.0 Å². The van der Waals surface area contributed by atoms with Crippen LogP contribution in [0.15, 0.2) is 41.4 Å². The average Bonchev–Trinajstić information content (AvgIpc) is 2.76. The largest absolute Gasteiger partial charge is 0.496 e. The highest BCUT2D eigenvalue weighted by Crippen LogP contribution is 2.34. The smallest absolute Gasteiger partial charge is 0.193 e. The summed E-state index contributed by atoms with van der Waals surface area (Å²) in [6.07, 6.45) is 1.79. The van der Waals surface area contributed by atoms with Crippen LogP contribution in [0.1, 0.15) is 16.7 Å². The van der Waals surface area contributed by atoms with E-state index in [1.165, 1.54) is 11.1 Å². The first-order valence-electron chi connectivity index (χ1n) is 9.51. The Balaban J connectivity index is 0.00000300. The number of guanidine groups is 1. The Hall–Kier alpha value is -2.16. The molecule has 158 valence electrons. The van der Waals surface area contributed by atoms with Gasteiger partial charge in [0.2, 0.25) is 0 Å². The van der Waals surface area contributed by atoms with Crippen LogP contribution in [-0.2, 0) is 19.4 Å². The van der Waals surface area contributed by atoms with Gasteiger partial charge in [-0.3, -0.25) is 4.99 Å². The maximum atomic E-state index is 5.54. The molecule has 2 aromatic rings. The summed E-state index contributed by atoms with van der Waals surface area (Å²) in [6.45, 7) is 2.57. The first-order valence-corrected chi connectivity index (χ1v) is 9.51. The van der Waals surface area contributed by atoms with Crippen molar-refractivity contribution in [2.75, 3.05) is 41.5 Å². The molecular formula is C22H30IN3O3. The molecule has 0 bridgehead atoms. The third kappa shape index (κ3) is 5.46. The Kier molecular flexibility index (Phi) is 8.88. The molecule has 0 fully saturated rings. The minimum atomic E-state index is 0. The summed E-state index contributed by atoms with van der Waals surface area (Å²) in [7, 11) is 6.79. The van der Waals surface area contributed by atoms with Gasteiger partial charge in [0, 0.05) is 44.4 Å². The second-order valence-electron chi connectivity index (χ2n) is 6.67. The summed E-state index contributed by atoms with van der Waals surface area (Å²) in [5.74, 6) is 3.16. The fraction of sp³-hybridized carbons (Fsp3) is 0.409. The quantitative estimate of drug-likeness (QED) is 0.366. The Morgan fingerprint density at radius 3 is 2.28 bits per heavy atom. The fourth-order valence-corrected chi connectivity index (χ4v) is 3.63. The molecule has 0 aromatic heterocycles. The van der Waals surface area contributed by atoms with Gasteiger partial charge in [-0.25, -0.2) is 0 Å². The molecule has 0 saturated carbocycles. The van der Waals surface area contributed by atoms with Gasteiger partial charge in [0.05, 0.1) is 21.3 Å². The summed E-state index contributed by atoms with van der Waals surface area (Å²) in [5.41, 5.74) is 3.81. The lowest BCUT2D eigenvalue weighted by atomic mass is 10.0. The van der Waals surface area contributed by atoms with Crippen molar-refractivity contribution < 1.29 is 14.2 Å². The van der Waals surface area contributed by atoms with Crippen LogP contribution >= 0.6 is 24.0 Å². The van der Waals surface area contributed by atoms with Crippen molar-refractivity contribution in [3.8, 4) is 17.2 Å². The van der Waals surface area contributed by atoms with Crippen LogP contribution < -0.4 is 19.5 Å². The number of ether oxygens (including phenoxy) is 3. The van der Waals surface area contributed by atoms with Crippen molar-refractivity contribution in [2.24, 2.45) is 4.99 Å². The molecule has 0 saturated heterocycles. The van der Waals surface area contributed by atoms with Crippen LogP contribution in [0.4, 0.5) is 0 Å². The van der Waals surface area contributed by atoms with Crippen LogP contribution in [0.25, 0.3) is 0 Å². The van der Waals surface area contributed by atoms with Gasteiger partial charge >= 0.3 is 0 Å². The fourth-order valence-electron chi connectivity index (χ4n) is 3.63. The van der Waals surface area contributed by atoms with E-state index in [0.717, 1.165) is 55.5 Å². The average molecular weight is 511 g/mol. The monoisotopic (exact) mass is 511 g/mol. The van der Waals surface area contributed by atoms with E-state index in [0.29, 0.717) is 5.75 Å². The molecule has 0 spiro atoms. The molecule has 29 heavy (non-hydrogen) atoms. The number of hydrogen-bond acceptors (Lipinski definition) is 4. The minimum Gasteiger partial charge on any atom is -0.496 e. The Morgan fingerprint density at radius 2 is 1.69 bits per heavy atom. The molecule has 1 heterocycles. The Labute approximate surface area is 190 Å². The maximum Gasteiger partial charge on any atom is 0.193 e. The zero-order chi connectivity index (χ0) is 19.9.